The van der Waals surface area contributed by atoms with Crippen molar-refractivity contribution in [2.45, 2.75) is 13.1 Å². The summed E-state index contributed by atoms with van der Waals surface area (Å²) in [6.45, 7) is 1.59. The molecule has 0 bridgehead atoms. The van der Waals surface area contributed by atoms with Crippen LogP contribution in [0.25, 0.3) is 16.7 Å². The molecule has 2 heterocycles. The number of rotatable bonds is 2. The number of nitrogens with zero attached hydrogens (tertiary/aromatic N) is 4. The summed E-state index contributed by atoms with van der Waals surface area (Å²) in [7, 11) is 0. The summed E-state index contributed by atoms with van der Waals surface area (Å²) in [6, 6.07) is 5.39. The lowest BCUT2D eigenvalue weighted by molar-refractivity contribution is -0.384. The highest BCUT2D eigenvalue weighted by Crippen LogP contribution is 2.34. The number of hydrogen-bond donors (Lipinski definition) is 0. The monoisotopic (exact) mass is 372 g/mol. The summed E-state index contributed by atoms with van der Waals surface area (Å²) in [5.74, 6) is 0. The number of aryl methyl sites for hydroxylation is 1. The molecule has 3 rings (SSSR count). The molecular formula is C13H7F3N4O2S2. The summed E-state index contributed by atoms with van der Waals surface area (Å²) in [6.07, 6.45) is -4.64. The molecule has 0 radical (unpaired) electrons. The normalized spacial score (nSPS) is 11.8. The minimum absolute atomic E-state index is 0.0153. The van der Waals surface area contributed by atoms with Gasteiger partial charge in [0.05, 0.1) is 21.7 Å². The molecule has 3 aromatic rings. The van der Waals surface area contributed by atoms with Crippen LogP contribution in [-0.4, -0.2) is 19.7 Å². The van der Waals surface area contributed by atoms with Crippen LogP contribution in [0.2, 0.25) is 0 Å². The minimum Gasteiger partial charge on any atom is -0.258 e. The zero-order chi connectivity index (χ0) is 17.6. The van der Waals surface area contributed by atoms with Gasteiger partial charge in [-0.05, 0) is 13.0 Å². The highest BCUT2D eigenvalue weighted by molar-refractivity contribution is 7.73. The van der Waals surface area contributed by atoms with Crippen LogP contribution < -0.4 is 0 Å². The van der Waals surface area contributed by atoms with Gasteiger partial charge in [0.1, 0.15) is 3.82 Å². The number of alkyl halides is 3. The molecular weight excluding hydrogens is 365 g/mol. The summed E-state index contributed by atoms with van der Waals surface area (Å²) in [5.41, 5.74) is 0.346. The van der Waals surface area contributed by atoms with Gasteiger partial charge in [-0.2, -0.15) is 18.3 Å². The zero-order valence-corrected chi connectivity index (χ0v) is 13.5. The highest BCUT2D eigenvalue weighted by atomic mass is 32.1. The van der Waals surface area contributed by atoms with Gasteiger partial charge in [0, 0.05) is 12.1 Å². The molecule has 24 heavy (non-hydrogen) atoms. The average molecular weight is 372 g/mol. The van der Waals surface area contributed by atoms with Crippen LogP contribution in [-0.2, 0) is 6.18 Å². The molecule has 11 heteroatoms. The first-order chi connectivity index (χ1) is 11.2. The Kier molecular flexibility index (Phi) is 3.84. The molecule has 0 unspecified atom stereocenters. The second-order valence-electron chi connectivity index (χ2n) is 4.78. The van der Waals surface area contributed by atoms with Crippen molar-refractivity contribution in [3.05, 3.63) is 48.9 Å². The SMILES string of the molecule is Cc1nn(-c2cccc([N+](=O)[O-])c2)c2nc(C(F)(F)F)sc(=S)c12. The lowest BCUT2D eigenvalue weighted by atomic mass is 10.3. The summed E-state index contributed by atoms with van der Waals surface area (Å²) in [4.78, 5) is 13.9. The van der Waals surface area contributed by atoms with Crippen LogP contribution >= 0.6 is 23.6 Å². The second kappa shape index (κ2) is 5.60. The van der Waals surface area contributed by atoms with Gasteiger partial charge in [-0.1, -0.05) is 29.6 Å². The lowest BCUT2D eigenvalue weighted by Gasteiger charge is -2.06. The Morgan fingerprint density at radius 2 is 2.08 bits per heavy atom. The van der Waals surface area contributed by atoms with E-state index in [4.69, 9.17) is 12.2 Å². The van der Waals surface area contributed by atoms with E-state index in [1.807, 2.05) is 0 Å². The van der Waals surface area contributed by atoms with Gasteiger partial charge in [-0.3, -0.25) is 10.1 Å². The maximum Gasteiger partial charge on any atom is 0.443 e. The Bertz CT molecular complexity index is 1030. The molecule has 0 saturated carbocycles. The third-order valence-corrected chi connectivity index (χ3v) is 4.52. The van der Waals surface area contributed by atoms with Crippen molar-refractivity contribution in [3.63, 3.8) is 0 Å². The van der Waals surface area contributed by atoms with Crippen molar-refractivity contribution >= 4 is 40.3 Å². The van der Waals surface area contributed by atoms with E-state index >= 15 is 0 Å². The number of hydrogen-bond acceptors (Lipinski definition) is 6. The van der Waals surface area contributed by atoms with Crippen LogP contribution in [0.3, 0.4) is 0 Å². The number of benzene rings is 1. The fraction of sp³-hybridized carbons (Fsp3) is 0.154. The van der Waals surface area contributed by atoms with Crippen molar-refractivity contribution in [1.82, 2.24) is 14.8 Å². The van der Waals surface area contributed by atoms with Gasteiger partial charge in [-0.25, -0.2) is 9.67 Å². The number of nitro groups is 1. The van der Waals surface area contributed by atoms with E-state index in [1.54, 1.807) is 6.92 Å². The van der Waals surface area contributed by atoms with Gasteiger partial charge in [0.15, 0.2) is 5.65 Å². The summed E-state index contributed by atoms with van der Waals surface area (Å²) in [5, 5.41) is 14.3. The van der Waals surface area contributed by atoms with Crippen LogP contribution in [0.5, 0.6) is 0 Å². The Morgan fingerprint density at radius 3 is 2.71 bits per heavy atom. The van der Waals surface area contributed by atoms with Crippen molar-refractivity contribution in [1.29, 1.82) is 0 Å². The number of aromatic nitrogens is 3. The van der Waals surface area contributed by atoms with Gasteiger partial charge in [0.25, 0.3) is 5.69 Å². The molecule has 0 saturated heterocycles. The first kappa shape index (κ1) is 16.5. The predicted molar refractivity (Wildman–Crippen MR) is 84.0 cm³/mol. The molecule has 0 aliphatic rings. The molecule has 0 atom stereocenters. The zero-order valence-electron chi connectivity index (χ0n) is 11.9. The molecule has 0 spiro atoms. The molecule has 0 aliphatic carbocycles. The van der Waals surface area contributed by atoms with Crippen molar-refractivity contribution in [2.75, 3.05) is 0 Å². The van der Waals surface area contributed by atoms with E-state index in [0.717, 1.165) is 4.68 Å². The van der Waals surface area contributed by atoms with Crippen molar-refractivity contribution in [3.8, 4) is 5.69 Å². The molecule has 0 N–H and O–H groups in total. The third-order valence-electron chi connectivity index (χ3n) is 3.16. The van der Waals surface area contributed by atoms with E-state index in [2.05, 4.69) is 10.1 Å². The van der Waals surface area contributed by atoms with Crippen molar-refractivity contribution in [2.24, 2.45) is 0 Å². The van der Waals surface area contributed by atoms with Crippen LogP contribution in [0.4, 0.5) is 18.9 Å². The fourth-order valence-corrected chi connectivity index (χ4v) is 3.40. The summed E-state index contributed by atoms with van der Waals surface area (Å²) < 4.78 is 40.1. The molecule has 124 valence electrons. The maximum absolute atomic E-state index is 13.0. The first-order valence-electron chi connectivity index (χ1n) is 6.41. The number of nitro benzene ring substituents is 1. The molecule has 0 aliphatic heterocycles. The maximum atomic E-state index is 13.0. The first-order valence-corrected chi connectivity index (χ1v) is 7.63. The topological polar surface area (TPSA) is 73.8 Å². The molecule has 0 fully saturated rings. The number of non-ortho nitro benzene ring substituents is 1. The second-order valence-corrected chi connectivity index (χ2v) is 6.44. The van der Waals surface area contributed by atoms with E-state index < -0.39 is 16.1 Å². The van der Waals surface area contributed by atoms with Gasteiger partial charge < -0.3 is 0 Å². The van der Waals surface area contributed by atoms with Gasteiger partial charge >= 0.3 is 6.18 Å². The Labute approximate surface area is 141 Å². The summed E-state index contributed by atoms with van der Waals surface area (Å²) >= 11 is 5.41. The molecule has 2 aromatic heterocycles. The van der Waals surface area contributed by atoms with E-state index in [0.29, 0.717) is 22.4 Å². The van der Waals surface area contributed by atoms with Gasteiger partial charge in [0.2, 0.25) is 5.01 Å². The largest absolute Gasteiger partial charge is 0.443 e. The molecule has 0 amide bonds. The third kappa shape index (κ3) is 2.76. The van der Waals surface area contributed by atoms with E-state index in [-0.39, 0.29) is 20.8 Å². The predicted octanol–water partition coefficient (Wildman–Crippen LogP) is 4.45. The molecule has 6 nitrogen and oxygen atoms in total. The Balaban J connectivity index is 2.33. The number of fused-ring (bicyclic) bond motifs is 1. The quantitative estimate of drug-likeness (QED) is 0.378. The standard InChI is InChI=1S/C13H7F3N4O2S2/c1-6-9-10(17-12(13(14,15)16)24-11(9)23)19(18-6)7-3-2-4-8(5-7)20(21)22/h2-5H,1H3. The van der Waals surface area contributed by atoms with E-state index in [9.17, 15) is 23.3 Å². The lowest BCUT2D eigenvalue weighted by Crippen LogP contribution is -2.07. The van der Waals surface area contributed by atoms with Crippen LogP contribution in [0, 0.1) is 20.9 Å². The van der Waals surface area contributed by atoms with Gasteiger partial charge in [-0.15, -0.1) is 0 Å². The van der Waals surface area contributed by atoms with Crippen LogP contribution in [0.1, 0.15) is 10.7 Å². The fourth-order valence-electron chi connectivity index (χ4n) is 2.15. The highest BCUT2D eigenvalue weighted by Gasteiger charge is 2.35. The smallest absolute Gasteiger partial charge is 0.258 e. The Morgan fingerprint density at radius 1 is 1.38 bits per heavy atom. The van der Waals surface area contributed by atoms with Crippen molar-refractivity contribution < 1.29 is 18.1 Å². The minimum atomic E-state index is -4.64. The number of halogens is 3. The average Bonchev–Trinajstić information content (AvgIpc) is 2.84. The molecule has 1 aromatic carbocycles. The van der Waals surface area contributed by atoms with E-state index in [1.165, 1.54) is 24.3 Å². The Hall–Kier alpha value is -2.40. The van der Waals surface area contributed by atoms with Crippen LogP contribution in [0.15, 0.2) is 24.3 Å².